The molecule has 1 aromatic carbocycles. The second-order valence-electron chi connectivity index (χ2n) is 6.40. The van der Waals surface area contributed by atoms with Gasteiger partial charge in [0.15, 0.2) is 5.78 Å². The largest absolute Gasteiger partial charge is 0.493 e. The van der Waals surface area contributed by atoms with Gasteiger partial charge in [-0.05, 0) is 54.9 Å². The van der Waals surface area contributed by atoms with Crippen molar-refractivity contribution in [2.75, 3.05) is 6.61 Å². The minimum absolute atomic E-state index is 0.221. The van der Waals surface area contributed by atoms with Crippen LogP contribution in [0.5, 0.6) is 5.75 Å². The van der Waals surface area contributed by atoms with E-state index in [4.69, 9.17) is 4.74 Å². The molecular weight excluding hydrogens is 236 g/mol. The van der Waals surface area contributed by atoms with Crippen LogP contribution >= 0.6 is 0 Å². The number of fused-ring (bicyclic) bond motifs is 1. The third-order valence-corrected chi connectivity index (χ3v) is 4.52. The Hall–Kier alpha value is -1.31. The van der Waals surface area contributed by atoms with Crippen molar-refractivity contribution in [2.45, 2.75) is 39.5 Å². The highest BCUT2D eigenvalue weighted by Crippen LogP contribution is 2.35. The topological polar surface area (TPSA) is 26.3 Å². The predicted molar refractivity (Wildman–Crippen MR) is 75.6 cm³/mol. The van der Waals surface area contributed by atoms with E-state index < -0.39 is 0 Å². The van der Waals surface area contributed by atoms with Gasteiger partial charge >= 0.3 is 0 Å². The molecule has 1 heterocycles. The number of ether oxygens (including phenoxy) is 1. The van der Waals surface area contributed by atoms with E-state index in [1.165, 1.54) is 12.0 Å². The van der Waals surface area contributed by atoms with Crippen LogP contribution in [-0.4, -0.2) is 12.4 Å². The summed E-state index contributed by atoms with van der Waals surface area (Å²) in [5.74, 6) is 2.88. The summed E-state index contributed by atoms with van der Waals surface area (Å²) in [5, 5.41) is 0. The Kier molecular flexibility index (Phi) is 3.34. The van der Waals surface area contributed by atoms with Gasteiger partial charge in [0.1, 0.15) is 5.75 Å². The van der Waals surface area contributed by atoms with Crippen LogP contribution in [0.1, 0.15) is 49.0 Å². The number of carbonyl (C=O) groups is 1. The molecule has 19 heavy (non-hydrogen) atoms. The van der Waals surface area contributed by atoms with Gasteiger partial charge in [-0.1, -0.05) is 13.8 Å². The standard InChI is InChI=1S/C17H22O2/c1-11-7-12(2)9-15(8-11)17(18)14-3-4-16-13(10-14)5-6-19-16/h3-4,10-12,15H,5-9H2,1-2H3. The molecule has 0 spiro atoms. The lowest BCUT2D eigenvalue weighted by atomic mass is 9.74. The van der Waals surface area contributed by atoms with E-state index in [0.717, 1.165) is 37.2 Å². The van der Waals surface area contributed by atoms with E-state index in [0.29, 0.717) is 17.6 Å². The highest BCUT2D eigenvalue weighted by molar-refractivity contribution is 5.98. The molecule has 2 unspecified atom stereocenters. The summed E-state index contributed by atoms with van der Waals surface area (Å²) in [6, 6.07) is 5.95. The molecule has 0 bridgehead atoms. The summed E-state index contributed by atoms with van der Waals surface area (Å²) in [6.07, 6.45) is 4.31. The van der Waals surface area contributed by atoms with Gasteiger partial charge in [-0.15, -0.1) is 0 Å². The van der Waals surface area contributed by atoms with E-state index in [2.05, 4.69) is 19.9 Å². The molecule has 1 aliphatic heterocycles. The second kappa shape index (κ2) is 4.99. The zero-order valence-electron chi connectivity index (χ0n) is 11.8. The van der Waals surface area contributed by atoms with Crippen LogP contribution in [0.3, 0.4) is 0 Å². The summed E-state index contributed by atoms with van der Waals surface area (Å²) in [4.78, 5) is 12.6. The molecule has 0 N–H and O–H groups in total. The Morgan fingerprint density at radius 1 is 1.16 bits per heavy atom. The first kappa shape index (κ1) is 12.7. The fourth-order valence-corrected chi connectivity index (χ4v) is 3.74. The number of carbonyl (C=O) groups excluding carboxylic acids is 1. The number of benzene rings is 1. The van der Waals surface area contributed by atoms with Crippen molar-refractivity contribution in [3.63, 3.8) is 0 Å². The van der Waals surface area contributed by atoms with Crippen LogP contribution in [0, 0.1) is 17.8 Å². The molecule has 102 valence electrons. The monoisotopic (exact) mass is 258 g/mol. The van der Waals surface area contributed by atoms with Crippen LogP contribution in [0.25, 0.3) is 0 Å². The number of rotatable bonds is 2. The van der Waals surface area contributed by atoms with Gasteiger partial charge < -0.3 is 4.74 Å². The molecule has 3 rings (SSSR count). The smallest absolute Gasteiger partial charge is 0.165 e. The van der Waals surface area contributed by atoms with Crippen molar-refractivity contribution < 1.29 is 9.53 Å². The molecule has 0 aromatic heterocycles. The lowest BCUT2D eigenvalue weighted by Crippen LogP contribution is -2.26. The minimum Gasteiger partial charge on any atom is -0.493 e. The van der Waals surface area contributed by atoms with Crippen molar-refractivity contribution in [3.05, 3.63) is 29.3 Å². The maximum atomic E-state index is 12.6. The minimum atomic E-state index is 0.221. The Morgan fingerprint density at radius 3 is 2.63 bits per heavy atom. The molecule has 2 heteroatoms. The summed E-state index contributed by atoms with van der Waals surface area (Å²) >= 11 is 0. The Bertz CT molecular complexity index is 482. The van der Waals surface area contributed by atoms with Gasteiger partial charge in [0.25, 0.3) is 0 Å². The van der Waals surface area contributed by atoms with E-state index in [9.17, 15) is 4.79 Å². The Morgan fingerprint density at radius 2 is 1.89 bits per heavy atom. The molecular formula is C17H22O2. The molecule has 0 saturated heterocycles. The Balaban J connectivity index is 1.80. The molecule has 2 nitrogen and oxygen atoms in total. The molecule has 2 aliphatic rings. The number of hydrogen-bond donors (Lipinski definition) is 0. The molecule has 0 amide bonds. The lowest BCUT2D eigenvalue weighted by Gasteiger charge is -2.30. The van der Waals surface area contributed by atoms with Crippen molar-refractivity contribution in [3.8, 4) is 5.75 Å². The molecule has 1 fully saturated rings. The van der Waals surface area contributed by atoms with E-state index in [-0.39, 0.29) is 5.92 Å². The van der Waals surface area contributed by atoms with Crippen LogP contribution in [-0.2, 0) is 6.42 Å². The fourth-order valence-electron chi connectivity index (χ4n) is 3.74. The third kappa shape index (κ3) is 2.54. The summed E-state index contributed by atoms with van der Waals surface area (Å²) in [7, 11) is 0. The van der Waals surface area contributed by atoms with Crippen molar-refractivity contribution in [1.29, 1.82) is 0 Å². The third-order valence-electron chi connectivity index (χ3n) is 4.52. The molecule has 1 aromatic rings. The van der Waals surface area contributed by atoms with Crippen LogP contribution < -0.4 is 4.74 Å². The first-order chi connectivity index (χ1) is 9.13. The lowest BCUT2D eigenvalue weighted by molar-refractivity contribution is 0.0836. The van der Waals surface area contributed by atoms with Gasteiger partial charge in [-0.25, -0.2) is 0 Å². The average Bonchev–Trinajstić information content (AvgIpc) is 2.83. The number of ketones is 1. The van der Waals surface area contributed by atoms with Crippen molar-refractivity contribution in [2.24, 2.45) is 17.8 Å². The maximum Gasteiger partial charge on any atom is 0.165 e. The zero-order valence-corrected chi connectivity index (χ0v) is 11.8. The normalized spacial score (nSPS) is 29.7. The first-order valence-electron chi connectivity index (χ1n) is 7.43. The maximum absolute atomic E-state index is 12.6. The summed E-state index contributed by atoms with van der Waals surface area (Å²) < 4.78 is 5.50. The summed E-state index contributed by atoms with van der Waals surface area (Å²) in [5.41, 5.74) is 2.08. The van der Waals surface area contributed by atoms with Gasteiger partial charge in [-0.2, -0.15) is 0 Å². The fraction of sp³-hybridized carbons (Fsp3) is 0.588. The van der Waals surface area contributed by atoms with E-state index in [1.54, 1.807) is 0 Å². The SMILES string of the molecule is CC1CC(C)CC(C(=O)c2ccc3c(c2)CCO3)C1. The second-order valence-corrected chi connectivity index (χ2v) is 6.40. The van der Waals surface area contributed by atoms with Gasteiger partial charge in [-0.3, -0.25) is 4.79 Å². The highest BCUT2D eigenvalue weighted by atomic mass is 16.5. The van der Waals surface area contributed by atoms with Crippen molar-refractivity contribution >= 4 is 5.78 Å². The molecule has 1 aliphatic carbocycles. The van der Waals surface area contributed by atoms with E-state index >= 15 is 0 Å². The molecule has 0 radical (unpaired) electrons. The Labute approximate surface area is 115 Å². The first-order valence-corrected chi connectivity index (χ1v) is 7.43. The average molecular weight is 258 g/mol. The molecule has 2 atom stereocenters. The molecule has 1 saturated carbocycles. The van der Waals surface area contributed by atoms with Crippen molar-refractivity contribution in [1.82, 2.24) is 0 Å². The van der Waals surface area contributed by atoms with Crippen LogP contribution in [0.2, 0.25) is 0 Å². The highest BCUT2D eigenvalue weighted by Gasteiger charge is 2.30. The van der Waals surface area contributed by atoms with Gasteiger partial charge in [0.2, 0.25) is 0 Å². The summed E-state index contributed by atoms with van der Waals surface area (Å²) in [6.45, 7) is 5.30. The predicted octanol–water partition coefficient (Wildman–Crippen LogP) is 3.88. The quantitative estimate of drug-likeness (QED) is 0.753. The van der Waals surface area contributed by atoms with Gasteiger partial charge in [0, 0.05) is 17.9 Å². The van der Waals surface area contributed by atoms with E-state index in [1.807, 2.05) is 12.1 Å². The number of Topliss-reactive ketones (excluding diaryl/α,β-unsaturated/α-hetero) is 1. The van der Waals surface area contributed by atoms with Crippen LogP contribution in [0.15, 0.2) is 18.2 Å². The van der Waals surface area contributed by atoms with Gasteiger partial charge in [0.05, 0.1) is 6.61 Å². The van der Waals surface area contributed by atoms with Crippen LogP contribution in [0.4, 0.5) is 0 Å². The number of hydrogen-bond acceptors (Lipinski definition) is 2. The zero-order chi connectivity index (χ0) is 13.4.